The molecule has 0 spiro atoms. The standard InChI is InChI=1S/C29H30N6O2S/c1-33(2)26-9-11-28(12-10-26)38(36,37)35-18-24-14-23(16-30)8-13-29(24)34(19-25-17-31-21-32-25)20-27(35)15-22-6-4-3-5-7-22/h3-14,17,21,27H,15,18-20H2,1-2H3,(H,31,32)/t27-/m1/s1. The van der Waals surface area contributed by atoms with E-state index in [9.17, 15) is 13.7 Å². The minimum absolute atomic E-state index is 0.166. The highest BCUT2D eigenvalue weighted by Crippen LogP contribution is 2.34. The smallest absolute Gasteiger partial charge is 0.243 e. The third-order valence-electron chi connectivity index (χ3n) is 6.90. The van der Waals surface area contributed by atoms with Gasteiger partial charge in [-0.15, -0.1) is 0 Å². The number of sulfonamides is 1. The van der Waals surface area contributed by atoms with E-state index in [1.807, 2.05) is 67.5 Å². The van der Waals surface area contributed by atoms with E-state index >= 15 is 0 Å². The predicted octanol–water partition coefficient (Wildman–Crippen LogP) is 4.17. The van der Waals surface area contributed by atoms with Crippen molar-refractivity contribution < 1.29 is 8.42 Å². The maximum atomic E-state index is 14.2. The van der Waals surface area contributed by atoms with Crippen molar-refractivity contribution in [2.45, 2.75) is 30.4 Å². The summed E-state index contributed by atoms with van der Waals surface area (Å²) in [5, 5.41) is 9.59. The molecule has 0 aliphatic carbocycles. The van der Waals surface area contributed by atoms with Gasteiger partial charge < -0.3 is 14.8 Å². The number of H-pyrrole nitrogens is 1. The molecule has 0 amide bonds. The first-order valence-corrected chi connectivity index (χ1v) is 13.9. The maximum absolute atomic E-state index is 14.2. The van der Waals surface area contributed by atoms with Crippen molar-refractivity contribution in [3.05, 3.63) is 108 Å². The third-order valence-corrected chi connectivity index (χ3v) is 8.82. The Morgan fingerprint density at radius 2 is 1.84 bits per heavy atom. The molecule has 0 saturated carbocycles. The van der Waals surface area contributed by atoms with Crippen molar-refractivity contribution in [1.82, 2.24) is 14.3 Å². The van der Waals surface area contributed by atoms with Crippen LogP contribution < -0.4 is 9.80 Å². The average Bonchev–Trinajstić information content (AvgIpc) is 3.39. The molecule has 0 bridgehead atoms. The van der Waals surface area contributed by atoms with E-state index < -0.39 is 10.0 Å². The van der Waals surface area contributed by atoms with Crippen molar-refractivity contribution in [3.8, 4) is 6.07 Å². The number of fused-ring (bicyclic) bond motifs is 1. The lowest BCUT2D eigenvalue weighted by molar-refractivity contribution is 0.318. The fourth-order valence-electron chi connectivity index (χ4n) is 4.94. The van der Waals surface area contributed by atoms with E-state index in [1.165, 1.54) is 0 Å². The van der Waals surface area contributed by atoms with Gasteiger partial charge in [-0.25, -0.2) is 13.4 Å². The summed E-state index contributed by atoms with van der Waals surface area (Å²) < 4.78 is 30.1. The summed E-state index contributed by atoms with van der Waals surface area (Å²) in [4.78, 5) is 11.7. The lowest BCUT2D eigenvalue weighted by Crippen LogP contribution is -2.45. The maximum Gasteiger partial charge on any atom is 0.243 e. The lowest BCUT2D eigenvalue weighted by Gasteiger charge is -2.32. The largest absolute Gasteiger partial charge is 0.378 e. The normalized spacial score (nSPS) is 15.9. The summed E-state index contributed by atoms with van der Waals surface area (Å²) in [5.74, 6) is 0. The van der Waals surface area contributed by atoms with E-state index in [4.69, 9.17) is 0 Å². The Balaban J connectivity index is 1.61. The van der Waals surface area contributed by atoms with Crippen LogP contribution >= 0.6 is 0 Å². The Bertz CT molecular complexity index is 1530. The van der Waals surface area contributed by atoms with Crippen molar-refractivity contribution in [2.24, 2.45) is 0 Å². The summed E-state index contributed by atoms with van der Waals surface area (Å²) in [6, 6.07) is 24.3. The molecule has 0 unspecified atom stereocenters. The predicted molar refractivity (Wildman–Crippen MR) is 148 cm³/mol. The van der Waals surface area contributed by atoms with E-state index in [2.05, 4.69) is 20.9 Å². The Morgan fingerprint density at radius 3 is 2.50 bits per heavy atom. The second-order valence-corrected chi connectivity index (χ2v) is 11.6. The number of imidazole rings is 1. The molecule has 1 atom stereocenters. The van der Waals surface area contributed by atoms with Gasteiger partial charge in [0.2, 0.25) is 10.0 Å². The van der Waals surface area contributed by atoms with Gasteiger partial charge in [0.15, 0.2) is 0 Å². The second kappa shape index (κ2) is 10.7. The molecule has 4 aromatic rings. The summed E-state index contributed by atoms with van der Waals surface area (Å²) in [5.41, 5.74) is 5.12. The van der Waals surface area contributed by atoms with Gasteiger partial charge in [0, 0.05) is 50.8 Å². The van der Waals surface area contributed by atoms with Gasteiger partial charge in [0.05, 0.1) is 35.1 Å². The molecule has 1 aromatic heterocycles. The molecule has 0 radical (unpaired) electrons. The highest BCUT2D eigenvalue weighted by Gasteiger charge is 2.36. The molecule has 0 fully saturated rings. The number of benzene rings is 3. The molecule has 8 nitrogen and oxygen atoms in total. The fraction of sp³-hybridized carbons (Fsp3) is 0.241. The molecule has 38 heavy (non-hydrogen) atoms. The van der Waals surface area contributed by atoms with E-state index in [-0.39, 0.29) is 17.5 Å². The summed E-state index contributed by atoms with van der Waals surface area (Å²) in [6.07, 6.45) is 3.97. The number of aromatic nitrogens is 2. The first kappa shape index (κ1) is 25.5. The van der Waals surface area contributed by atoms with Crippen molar-refractivity contribution in [1.29, 1.82) is 5.26 Å². The van der Waals surface area contributed by atoms with Crippen LogP contribution in [-0.2, 0) is 29.5 Å². The van der Waals surface area contributed by atoms with Crippen molar-refractivity contribution in [3.63, 3.8) is 0 Å². The molecule has 1 aliphatic rings. The van der Waals surface area contributed by atoms with E-state index in [1.54, 1.807) is 41.1 Å². The molecular formula is C29H30N6O2S. The van der Waals surface area contributed by atoms with Crippen LogP contribution in [0.3, 0.4) is 0 Å². The Morgan fingerprint density at radius 1 is 1.08 bits per heavy atom. The van der Waals surface area contributed by atoms with Gasteiger partial charge in [-0.1, -0.05) is 30.3 Å². The Labute approximate surface area is 223 Å². The van der Waals surface area contributed by atoms with Gasteiger partial charge >= 0.3 is 0 Å². The molecular weight excluding hydrogens is 496 g/mol. The van der Waals surface area contributed by atoms with Crippen LogP contribution in [0.5, 0.6) is 0 Å². The molecule has 1 aliphatic heterocycles. The van der Waals surface area contributed by atoms with Gasteiger partial charge in [-0.3, -0.25) is 0 Å². The zero-order chi connectivity index (χ0) is 26.7. The highest BCUT2D eigenvalue weighted by atomic mass is 32.2. The van der Waals surface area contributed by atoms with E-state index in [0.29, 0.717) is 25.1 Å². The van der Waals surface area contributed by atoms with Gasteiger partial charge in [-0.05, 0) is 60.0 Å². The van der Waals surface area contributed by atoms with Crippen LogP contribution in [0.25, 0.3) is 0 Å². The summed E-state index contributed by atoms with van der Waals surface area (Å²) in [6.45, 7) is 1.18. The number of nitrogens with one attached hydrogen (secondary N) is 1. The molecule has 3 aromatic carbocycles. The molecule has 0 saturated heterocycles. The number of nitrogens with zero attached hydrogens (tertiary/aromatic N) is 5. The number of hydrogen-bond acceptors (Lipinski definition) is 6. The quantitative estimate of drug-likeness (QED) is 0.388. The number of aromatic amines is 1. The first-order chi connectivity index (χ1) is 18.3. The molecule has 5 rings (SSSR count). The third kappa shape index (κ3) is 5.28. The van der Waals surface area contributed by atoms with Crippen LogP contribution in [-0.4, -0.2) is 49.4 Å². The van der Waals surface area contributed by atoms with Crippen LogP contribution in [0, 0.1) is 11.3 Å². The number of nitriles is 1. The van der Waals surface area contributed by atoms with Crippen molar-refractivity contribution >= 4 is 21.4 Å². The number of anilines is 2. The average molecular weight is 527 g/mol. The molecule has 1 N–H and O–H groups in total. The van der Waals surface area contributed by atoms with Gasteiger partial charge in [0.25, 0.3) is 0 Å². The first-order valence-electron chi connectivity index (χ1n) is 12.4. The SMILES string of the molecule is CN(C)c1ccc(S(=O)(=O)N2Cc3cc(C#N)ccc3N(Cc3cnc[nH]3)C[C@H]2Cc2ccccc2)cc1. The minimum Gasteiger partial charge on any atom is -0.378 e. The molecule has 9 heteroatoms. The summed E-state index contributed by atoms with van der Waals surface area (Å²) >= 11 is 0. The van der Waals surface area contributed by atoms with Crippen LogP contribution in [0.1, 0.15) is 22.4 Å². The van der Waals surface area contributed by atoms with Gasteiger partial charge in [-0.2, -0.15) is 9.57 Å². The van der Waals surface area contributed by atoms with Crippen LogP contribution in [0.15, 0.2) is 90.2 Å². The lowest BCUT2D eigenvalue weighted by atomic mass is 10.1. The van der Waals surface area contributed by atoms with Crippen LogP contribution in [0.4, 0.5) is 11.4 Å². The number of hydrogen-bond donors (Lipinski definition) is 1. The fourth-order valence-corrected chi connectivity index (χ4v) is 6.54. The molecule has 194 valence electrons. The molecule has 2 heterocycles. The number of rotatable bonds is 7. The zero-order valence-corrected chi connectivity index (χ0v) is 22.3. The second-order valence-electron chi connectivity index (χ2n) is 9.69. The summed E-state index contributed by atoms with van der Waals surface area (Å²) in [7, 11) is -0.0141. The van der Waals surface area contributed by atoms with Crippen LogP contribution in [0.2, 0.25) is 0 Å². The minimum atomic E-state index is -3.86. The highest BCUT2D eigenvalue weighted by molar-refractivity contribution is 7.89. The van der Waals surface area contributed by atoms with Crippen molar-refractivity contribution in [2.75, 3.05) is 30.4 Å². The Kier molecular flexibility index (Phi) is 7.18. The zero-order valence-electron chi connectivity index (χ0n) is 21.4. The monoisotopic (exact) mass is 526 g/mol. The van der Waals surface area contributed by atoms with E-state index in [0.717, 1.165) is 28.2 Å². The van der Waals surface area contributed by atoms with Gasteiger partial charge in [0.1, 0.15) is 0 Å². The topological polar surface area (TPSA) is 96.3 Å². The Hall–Kier alpha value is -4.13.